The molecular weight excluding hydrogens is 242 g/mol. The van der Waals surface area contributed by atoms with Gasteiger partial charge in [0.25, 0.3) is 0 Å². The molecule has 1 aromatic heterocycles. The molecule has 0 aliphatic carbocycles. The molecule has 1 aromatic rings. The lowest BCUT2D eigenvalue weighted by atomic mass is 9.97. The molecule has 0 N–H and O–H groups in total. The van der Waals surface area contributed by atoms with Crippen molar-refractivity contribution in [2.45, 2.75) is 39.8 Å². The Morgan fingerprint density at radius 1 is 1.42 bits per heavy atom. The van der Waals surface area contributed by atoms with Gasteiger partial charge < -0.3 is 9.30 Å². The van der Waals surface area contributed by atoms with Crippen molar-refractivity contribution < 1.29 is 9.53 Å². The van der Waals surface area contributed by atoms with Crippen molar-refractivity contribution in [2.24, 2.45) is 5.92 Å². The van der Waals surface area contributed by atoms with Gasteiger partial charge in [0.05, 0.1) is 24.5 Å². The molecule has 0 amide bonds. The van der Waals surface area contributed by atoms with E-state index >= 15 is 0 Å². The largest absolute Gasteiger partial charge is 0.466 e. The monoisotopic (exact) mass is 265 g/mol. The standard InChI is InChI=1S/C14H23N3O2/c1-3-17-11-15-9-13(17)10-16-7-5-12(6-8-16)14(18)19-4-2/h9,11-12H,3-8,10H2,1-2H3. The topological polar surface area (TPSA) is 47.4 Å². The Bertz CT molecular complexity index is 409. The highest BCUT2D eigenvalue weighted by Crippen LogP contribution is 2.20. The van der Waals surface area contributed by atoms with Crippen LogP contribution in [0.4, 0.5) is 0 Å². The van der Waals surface area contributed by atoms with E-state index in [0.717, 1.165) is 39.0 Å². The third kappa shape index (κ3) is 3.56. The number of aryl methyl sites for hydroxylation is 1. The van der Waals surface area contributed by atoms with E-state index < -0.39 is 0 Å². The van der Waals surface area contributed by atoms with Gasteiger partial charge >= 0.3 is 5.97 Å². The smallest absolute Gasteiger partial charge is 0.309 e. The van der Waals surface area contributed by atoms with Crippen LogP contribution in [-0.4, -0.2) is 40.1 Å². The second kappa shape index (κ2) is 6.70. The van der Waals surface area contributed by atoms with Crippen molar-refractivity contribution in [2.75, 3.05) is 19.7 Å². The molecule has 0 aromatic carbocycles. The average Bonchev–Trinajstić information content (AvgIpc) is 2.87. The lowest BCUT2D eigenvalue weighted by Crippen LogP contribution is -2.36. The molecule has 0 saturated carbocycles. The summed E-state index contributed by atoms with van der Waals surface area (Å²) in [4.78, 5) is 18.2. The number of hydrogen-bond donors (Lipinski definition) is 0. The third-order valence-corrected chi connectivity index (χ3v) is 3.73. The van der Waals surface area contributed by atoms with Crippen molar-refractivity contribution in [3.63, 3.8) is 0 Å². The van der Waals surface area contributed by atoms with E-state index in [0.29, 0.717) is 6.61 Å². The molecule has 19 heavy (non-hydrogen) atoms. The van der Waals surface area contributed by atoms with Crippen LogP contribution >= 0.6 is 0 Å². The SMILES string of the molecule is CCOC(=O)C1CCN(Cc2cncn2CC)CC1. The van der Waals surface area contributed by atoms with Crippen LogP contribution in [0.1, 0.15) is 32.4 Å². The van der Waals surface area contributed by atoms with Crippen LogP contribution in [0, 0.1) is 5.92 Å². The van der Waals surface area contributed by atoms with Gasteiger partial charge in [-0.3, -0.25) is 9.69 Å². The number of aromatic nitrogens is 2. The fraction of sp³-hybridized carbons (Fsp3) is 0.714. The van der Waals surface area contributed by atoms with Crippen LogP contribution in [0.15, 0.2) is 12.5 Å². The Labute approximate surface area is 114 Å². The molecule has 0 spiro atoms. The molecule has 1 saturated heterocycles. The third-order valence-electron chi connectivity index (χ3n) is 3.73. The average molecular weight is 265 g/mol. The fourth-order valence-electron chi connectivity index (χ4n) is 2.58. The van der Waals surface area contributed by atoms with Gasteiger partial charge in [-0.1, -0.05) is 0 Å². The van der Waals surface area contributed by atoms with Crippen molar-refractivity contribution in [3.05, 3.63) is 18.2 Å². The minimum absolute atomic E-state index is 0.0271. The van der Waals surface area contributed by atoms with E-state index in [1.165, 1.54) is 5.69 Å². The number of carbonyl (C=O) groups excluding carboxylic acids is 1. The minimum atomic E-state index is -0.0271. The molecular formula is C14H23N3O2. The van der Waals surface area contributed by atoms with Crippen LogP contribution in [0.2, 0.25) is 0 Å². The first-order valence-corrected chi connectivity index (χ1v) is 7.12. The highest BCUT2D eigenvalue weighted by molar-refractivity contribution is 5.72. The molecule has 0 atom stereocenters. The number of esters is 1. The van der Waals surface area contributed by atoms with E-state index in [1.54, 1.807) is 0 Å². The lowest BCUT2D eigenvalue weighted by molar-refractivity contribution is -0.149. The fourth-order valence-corrected chi connectivity index (χ4v) is 2.58. The Kier molecular flexibility index (Phi) is 4.96. The summed E-state index contributed by atoms with van der Waals surface area (Å²) in [5, 5.41) is 0. The minimum Gasteiger partial charge on any atom is -0.466 e. The molecule has 1 aliphatic rings. The summed E-state index contributed by atoms with van der Waals surface area (Å²) in [7, 11) is 0. The zero-order valence-corrected chi connectivity index (χ0v) is 11.8. The van der Waals surface area contributed by atoms with Crippen LogP contribution in [-0.2, 0) is 22.6 Å². The maximum absolute atomic E-state index is 11.7. The lowest BCUT2D eigenvalue weighted by Gasteiger charge is -2.30. The van der Waals surface area contributed by atoms with Gasteiger partial charge in [-0.25, -0.2) is 4.98 Å². The summed E-state index contributed by atoms with van der Waals surface area (Å²) < 4.78 is 7.25. The highest BCUT2D eigenvalue weighted by atomic mass is 16.5. The zero-order chi connectivity index (χ0) is 13.7. The number of ether oxygens (including phenoxy) is 1. The molecule has 2 heterocycles. The van der Waals surface area contributed by atoms with Gasteiger partial charge in [0.2, 0.25) is 0 Å². The maximum Gasteiger partial charge on any atom is 0.309 e. The zero-order valence-electron chi connectivity index (χ0n) is 11.8. The molecule has 1 aliphatic heterocycles. The Morgan fingerprint density at radius 3 is 2.79 bits per heavy atom. The Morgan fingerprint density at radius 2 is 2.16 bits per heavy atom. The number of nitrogens with zero attached hydrogens (tertiary/aromatic N) is 3. The van der Waals surface area contributed by atoms with Crippen molar-refractivity contribution in [3.8, 4) is 0 Å². The summed E-state index contributed by atoms with van der Waals surface area (Å²) in [6, 6.07) is 0. The molecule has 0 bridgehead atoms. The molecule has 0 radical (unpaired) electrons. The van der Waals surface area contributed by atoms with Crippen molar-refractivity contribution in [1.82, 2.24) is 14.5 Å². The number of piperidine rings is 1. The number of hydrogen-bond acceptors (Lipinski definition) is 4. The molecule has 2 rings (SSSR count). The normalized spacial score (nSPS) is 17.6. The van der Waals surface area contributed by atoms with Gasteiger partial charge in [0, 0.05) is 19.3 Å². The maximum atomic E-state index is 11.7. The van der Waals surface area contributed by atoms with E-state index in [-0.39, 0.29) is 11.9 Å². The quantitative estimate of drug-likeness (QED) is 0.760. The molecule has 106 valence electrons. The molecule has 5 nitrogen and oxygen atoms in total. The number of rotatable bonds is 5. The molecule has 0 unspecified atom stereocenters. The van der Waals surface area contributed by atoms with Crippen LogP contribution in [0.25, 0.3) is 0 Å². The predicted molar refractivity (Wildman–Crippen MR) is 72.5 cm³/mol. The van der Waals surface area contributed by atoms with Crippen molar-refractivity contribution in [1.29, 1.82) is 0 Å². The van der Waals surface area contributed by atoms with E-state index in [1.807, 2.05) is 19.4 Å². The van der Waals surface area contributed by atoms with E-state index in [2.05, 4.69) is 21.4 Å². The Hall–Kier alpha value is -1.36. The van der Waals surface area contributed by atoms with Crippen LogP contribution < -0.4 is 0 Å². The summed E-state index contributed by atoms with van der Waals surface area (Å²) in [5.41, 5.74) is 1.25. The van der Waals surface area contributed by atoms with Gasteiger partial charge in [0.1, 0.15) is 0 Å². The Balaban J connectivity index is 1.82. The van der Waals surface area contributed by atoms with Gasteiger partial charge in [0.15, 0.2) is 0 Å². The number of likely N-dealkylation sites (tertiary alicyclic amines) is 1. The van der Waals surface area contributed by atoms with Crippen LogP contribution in [0.5, 0.6) is 0 Å². The van der Waals surface area contributed by atoms with E-state index in [4.69, 9.17) is 4.74 Å². The second-order valence-corrected chi connectivity index (χ2v) is 4.97. The van der Waals surface area contributed by atoms with Gasteiger partial charge in [-0.05, 0) is 39.8 Å². The van der Waals surface area contributed by atoms with Crippen LogP contribution in [0.3, 0.4) is 0 Å². The summed E-state index contributed by atoms with van der Waals surface area (Å²) >= 11 is 0. The first-order chi connectivity index (χ1) is 9.24. The summed E-state index contributed by atoms with van der Waals surface area (Å²) in [5.74, 6) is 0.0630. The second-order valence-electron chi connectivity index (χ2n) is 4.97. The first kappa shape index (κ1) is 14.1. The van der Waals surface area contributed by atoms with Gasteiger partial charge in [-0.15, -0.1) is 0 Å². The first-order valence-electron chi connectivity index (χ1n) is 7.12. The molecule has 5 heteroatoms. The summed E-state index contributed by atoms with van der Waals surface area (Å²) in [6.45, 7) is 8.25. The predicted octanol–water partition coefficient (Wildman–Crippen LogP) is 1.68. The van der Waals surface area contributed by atoms with Crippen molar-refractivity contribution >= 4 is 5.97 Å². The summed E-state index contributed by atoms with van der Waals surface area (Å²) in [6.07, 6.45) is 5.61. The number of carbonyl (C=O) groups is 1. The van der Waals surface area contributed by atoms with E-state index in [9.17, 15) is 4.79 Å². The number of imidazole rings is 1. The van der Waals surface area contributed by atoms with Gasteiger partial charge in [-0.2, -0.15) is 0 Å². The highest BCUT2D eigenvalue weighted by Gasteiger charge is 2.26. The molecule has 1 fully saturated rings.